The first kappa shape index (κ1) is 14.3. The Kier molecular flexibility index (Phi) is 3.33. The fourth-order valence-electron chi connectivity index (χ4n) is 3.43. The number of imidazole rings is 1. The van der Waals surface area contributed by atoms with Gasteiger partial charge >= 0.3 is 0 Å². The number of aromatic amines is 1. The smallest absolute Gasteiger partial charge is 0.107 e. The maximum atomic E-state index is 4.75. The molecule has 2 aromatic heterocycles. The van der Waals surface area contributed by atoms with Crippen molar-refractivity contribution in [1.82, 2.24) is 19.9 Å². The quantitative estimate of drug-likeness (QED) is 0.630. The van der Waals surface area contributed by atoms with Crippen LogP contribution in [0.1, 0.15) is 24.4 Å². The van der Waals surface area contributed by atoms with Gasteiger partial charge in [-0.3, -0.25) is 4.98 Å². The molecular formula is C21H18N4. The van der Waals surface area contributed by atoms with E-state index >= 15 is 0 Å². The van der Waals surface area contributed by atoms with Gasteiger partial charge in [0.05, 0.1) is 27.4 Å². The van der Waals surface area contributed by atoms with Gasteiger partial charge in [0.2, 0.25) is 0 Å². The van der Waals surface area contributed by atoms with Crippen LogP contribution in [-0.2, 0) is 12.8 Å². The molecule has 0 saturated carbocycles. The van der Waals surface area contributed by atoms with Gasteiger partial charge in [-0.2, -0.15) is 0 Å². The molecule has 0 amide bonds. The minimum atomic E-state index is 0.836. The van der Waals surface area contributed by atoms with Crippen molar-refractivity contribution in [2.75, 3.05) is 0 Å². The number of hydrogen-bond donors (Lipinski definition) is 1. The van der Waals surface area contributed by atoms with Crippen LogP contribution in [0, 0.1) is 0 Å². The third-order valence-electron chi connectivity index (χ3n) is 4.74. The van der Waals surface area contributed by atoms with Crippen LogP contribution in [0.2, 0.25) is 0 Å². The zero-order valence-corrected chi connectivity index (χ0v) is 13.9. The lowest BCUT2D eigenvalue weighted by Crippen LogP contribution is -2.33. The Hall–Kier alpha value is -3.01. The van der Waals surface area contributed by atoms with Crippen LogP contribution < -0.4 is 10.7 Å². The van der Waals surface area contributed by atoms with Crippen LogP contribution in [0.25, 0.3) is 34.0 Å². The molecule has 0 unspecified atom stereocenters. The first-order valence-electron chi connectivity index (χ1n) is 8.75. The van der Waals surface area contributed by atoms with Crippen molar-refractivity contribution in [2.24, 2.45) is 0 Å². The Morgan fingerprint density at radius 2 is 1.68 bits per heavy atom. The molecule has 0 saturated heterocycles. The van der Waals surface area contributed by atoms with Crippen LogP contribution in [0.15, 0.2) is 42.6 Å². The van der Waals surface area contributed by atoms with Crippen molar-refractivity contribution in [3.63, 3.8) is 0 Å². The molecule has 5 rings (SSSR count). The van der Waals surface area contributed by atoms with Crippen molar-refractivity contribution in [3.05, 3.63) is 64.8 Å². The number of H-pyrrole nitrogens is 1. The highest BCUT2D eigenvalue weighted by molar-refractivity contribution is 5.95. The molecule has 2 heterocycles. The molecular weight excluding hydrogens is 308 g/mol. The maximum absolute atomic E-state index is 4.75. The topological polar surface area (TPSA) is 54.5 Å². The molecule has 0 atom stereocenters. The Balaban J connectivity index is 1.43. The molecule has 4 heteroatoms. The standard InChI is InChI=1S/C21H18N4/c1-2-6-15-12-20-19(11-14(15)5-1)24-21(25-20)10-9-16-13-22-17-7-3-4-8-18(17)23-16/h1-2,5-8,11-13H,3-4,9-10H2,(H,24,25). The van der Waals surface area contributed by atoms with E-state index in [1.807, 2.05) is 6.20 Å². The molecule has 1 aliphatic rings. The fraction of sp³-hybridized carbons (Fsp3) is 0.190. The van der Waals surface area contributed by atoms with Gasteiger partial charge in [-0.15, -0.1) is 0 Å². The molecule has 0 aliphatic heterocycles. The van der Waals surface area contributed by atoms with Crippen molar-refractivity contribution in [1.29, 1.82) is 0 Å². The lowest BCUT2D eigenvalue weighted by molar-refractivity contribution is 0.837. The monoisotopic (exact) mass is 326 g/mol. The summed E-state index contributed by atoms with van der Waals surface area (Å²) in [6, 6.07) is 12.7. The van der Waals surface area contributed by atoms with E-state index in [4.69, 9.17) is 9.97 Å². The molecule has 25 heavy (non-hydrogen) atoms. The number of aromatic nitrogens is 4. The summed E-state index contributed by atoms with van der Waals surface area (Å²) in [4.78, 5) is 17.5. The number of fused-ring (bicyclic) bond motifs is 3. The highest BCUT2D eigenvalue weighted by Gasteiger charge is 2.06. The summed E-state index contributed by atoms with van der Waals surface area (Å²) in [5, 5.41) is 4.50. The Bertz CT molecular complexity index is 1150. The molecule has 0 fully saturated rings. The first-order valence-corrected chi connectivity index (χ1v) is 8.75. The van der Waals surface area contributed by atoms with E-state index in [9.17, 15) is 0 Å². The summed E-state index contributed by atoms with van der Waals surface area (Å²) < 4.78 is 0. The van der Waals surface area contributed by atoms with Gasteiger partial charge in [0.25, 0.3) is 0 Å². The number of rotatable bonds is 3. The molecule has 122 valence electrons. The average molecular weight is 326 g/mol. The predicted octanol–water partition coefficient (Wildman–Crippen LogP) is 2.65. The van der Waals surface area contributed by atoms with Crippen LogP contribution in [0.5, 0.6) is 0 Å². The molecule has 0 spiro atoms. The minimum Gasteiger partial charge on any atom is -0.342 e. The van der Waals surface area contributed by atoms with Gasteiger partial charge in [-0.1, -0.05) is 36.4 Å². The third kappa shape index (κ3) is 2.70. The van der Waals surface area contributed by atoms with E-state index in [2.05, 4.69) is 58.5 Å². The minimum absolute atomic E-state index is 0.836. The van der Waals surface area contributed by atoms with Gasteiger partial charge < -0.3 is 4.98 Å². The highest BCUT2D eigenvalue weighted by Crippen LogP contribution is 2.21. The zero-order valence-electron chi connectivity index (χ0n) is 13.9. The Morgan fingerprint density at radius 1 is 0.880 bits per heavy atom. The Morgan fingerprint density at radius 3 is 2.56 bits per heavy atom. The van der Waals surface area contributed by atoms with Gasteiger partial charge in [0.1, 0.15) is 5.82 Å². The molecule has 4 aromatic rings. The first-order chi connectivity index (χ1) is 12.3. The third-order valence-corrected chi connectivity index (χ3v) is 4.74. The second kappa shape index (κ2) is 5.81. The number of benzene rings is 2. The van der Waals surface area contributed by atoms with E-state index in [1.165, 1.54) is 10.8 Å². The zero-order chi connectivity index (χ0) is 16.6. The van der Waals surface area contributed by atoms with Gasteiger partial charge in [0.15, 0.2) is 0 Å². The van der Waals surface area contributed by atoms with Crippen LogP contribution in [-0.4, -0.2) is 19.9 Å². The van der Waals surface area contributed by atoms with E-state index in [-0.39, 0.29) is 0 Å². The lowest BCUT2D eigenvalue weighted by atomic mass is 10.1. The molecule has 0 bridgehead atoms. The van der Waals surface area contributed by atoms with Gasteiger partial charge in [0, 0.05) is 12.6 Å². The Labute approximate surface area is 145 Å². The largest absolute Gasteiger partial charge is 0.342 e. The van der Waals surface area contributed by atoms with Crippen LogP contribution in [0.3, 0.4) is 0 Å². The number of nitrogens with one attached hydrogen (secondary N) is 1. The molecule has 4 nitrogen and oxygen atoms in total. The van der Waals surface area contributed by atoms with E-state index in [0.29, 0.717) is 0 Å². The number of hydrogen-bond acceptors (Lipinski definition) is 3. The SMILES string of the molecule is C1=c2ncc(CCc3nc4cc5ccccc5cc4[nH]3)nc2=CCC1. The van der Waals surface area contributed by atoms with Crippen LogP contribution >= 0.6 is 0 Å². The van der Waals surface area contributed by atoms with Crippen molar-refractivity contribution < 1.29 is 0 Å². The van der Waals surface area contributed by atoms with Crippen molar-refractivity contribution in [2.45, 2.75) is 25.7 Å². The summed E-state index contributed by atoms with van der Waals surface area (Å²) >= 11 is 0. The van der Waals surface area contributed by atoms with E-state index in [0.717, 1.165) is 58.9 Å². The van der Waals surface area contributed by atoms with Gasteiger partial charge in [-0.25, -0.2) is 9.97 Å². The normalized spacial score (nSPS) is 13.4. The predicted molar refractivity (Wildman–Crippen MR) is 100 cm³/mol. The maximum Gasteiger partial charge on any atom is 0.107 e. The number of nitrogens with zero attached hydrogens (tertiary/aromatic N) is 3. The summed E-state index contributed by atoms with van der Waals surface area (Å²) in [5.41, 5.74) is 3.14. The van der Waals surface area contributed by atoms with Crippen molar-refractivity contribution >= 4 is 34.0 Å². The average Bonchev–Trinajstić information content (AvgIpc) is 3.06. The van der Waals surface area contributed by atoms with E-state index in [1.54, 1.807) is 0 Å². The number of aryl methyl sites for hydroxylation is 2. The lowest BCUT2D eigenvalue weighted by Gasteiger charge is -2.02. The highest BCUT2D eigenvalue weighted by atomic mass is 14.9. The summed E-state index contributed by atoms with van der Waals surface area (Å²) in [7, 11) is 0. The fourth-order valence-corrected chi connectivity index (χ4v) is 3.43. The van der Waals surface area contributed by atoms with Crippen LogP contribution in [0.4, 0.5) is 0 Å². The van der Waals surface area contributed by atoms with Crippen molar-refractivity contribution in [3.8, 4) is 0 Å². The molecule has 1 N–H and O–H groups in total. The molecule has 2 aromatic carbocycles. The molecule has 0 radical (unpaired) electrons. The summed E-state index contributed by atoms with van der Waals surface area (Å²) in [6.45, 7) is 0. The van der Waals surface area contributed by atoms with Gasteiger partial charge in [-0.05, 0) is 42.2 Å². The van der Waals surface area contributed by atoms with E-state index < -0.39 is 0 Å². The second-order valence-corrected chi connectivity index (χ2v) is 6.52. The summed E-state index contributed by atoms with van der Waals surface area (Å²) in [5.74, 6) is 1.00. The second-order valence-electron chi connectivity index (χ2n) is 6.52. The summed E-state index contributed by atoms with van der Waals surface area (Å²) in [6.07, 6.45) is 10.0. The molecule has 1 aliphatic carbocycles.